The number of aromatic amines is 1. The van der Waals surface area contributed by atoms with Crippen molar-refractivity contribution in [3.05, 3.63) is 109 Å². The normalized spacial score (nSPS) is 17.1. The third kappa shape index (κ3) is 4.93. The minimum atomic E-state index is -1.31. The number of fused-ring (bicyclic) bond motifs is 1. The van der Waals surface area contributed by atoms with Crippen molar-refractivity contribution in [2.45, 2.75) is 69.9 Å². The van der Waals surface area contributed by atoms with Gasteiger partial charge in [0.05, 0.1) is 23.2 Å². The molecule has 0 unspecified atom stereocenters. The van der Waals surface area contributed by atoms with Crippen LogP contribution in [-0.2, 0) is 28.6 Å². The van der Waals surface area contributed by atoms with Gasteiger partial charge in [-0.2, -0.15) is 0 Å². The van der Waals surface area contributed by atoms with Gasteiger partial charge in [-0.25, -0.2) is 4.98 Å². The molecule has 0 spiro atoms. The van der Waals surface area contributed by atoms with E-state index in [1.54, 1.807) is 22.3 Å². The molecule has 3 heterocycles. The van der Waals surface area contributed by atoms with Gasteiger partial charge >= 0.3 is 0 Å². The SMILES string of the molecule is CC(C)(C)c1cccc(-c2cccc([C@@H](O)C(=O)N3CCCc4nc(C5(c6cccs6)CC5)[nH]c(=O)c4C3)c2)c1. The third-order valence-electron chi connectivity index (χ3n) is 8.30. The minimum absolute atomic E-state index is 0.0167. The zero-order chi connectivity index (χ0) is 28.1. The number of thiophene rings is 1. The number of hydrogen-bond donors (Lipinski definition) is 2. The molecule has 1 saturated carbocycles. The summed E-state index contributed by atoms with van der Waals surface area (Å²) in [5.74, 6) is 0.347. The molecule has 4 aromatic rings. The van der Waals surface area contributed by atoms with Crippen molar-refractivity contribution in [3.63, 3.8) is 0 Å². The molecule has 1 aliphatic carbocycles. The highest BCUT2D eigenvalue weighted by Gasteiger charge is 2.49. The molecule has 2 aliphatic rings. The van der Waals surface area contributed by atoms with Crippen LogP contribution in [0, 0.1) is 0 Å². The second-order valence-electron chi connectivity index (χ2n) is 12.1. The Bertz CT molecular complexity index is 1610. The lowest BCUT2D eigenvalue weighted by Crippen LogP contribution is -2.36. The Balaban J connectivity index is 1.24. The maximum Gasteiger partial charge on any atom is 0.256 e. The van der Waals surface area contributed by atoms with Gasteiger partial charge in [-0.3, -0.25) is 9.59 Å². The van der Waals surface area contributed by atoms with Crippen LogP contribution in [0.3, 0.4) is 0 Å². The number of amides is 1. The van der Waals surface area contributed by atoms with Crippen molar-refractivity contribution >= 4 is 17.2 Å². The van der Waals surface area contributed by atoms with Crippen LogP contribution in [0.1, 0.15) is 79.2 Å². The van der Waals surface area contributed by atoms with Gasteiger partial charge in [-0.1, -0.05) is 69.3 Å². The second-order valence-corrected chi connectivity index (χ2v) is 13.1. The van der Waals surface area contributed by atoms with Gasteiger partial charge in [0.2, 0.25) is 0 Å². The first kappa shape index (κ1) is 26.7. The summed E-state index contributed by atoms with van der Waals surface area (Å²) in [7, 11) is 0. The number of aryl methyl sites for hydroxylation is 1. The van der Waals surface area contributed by atoms with Gasteiger partial charge in [0.25, 0.3) is 11.5 Å². The number of H-pyrrole nitrogens is 1. The Morgan fingerprint density at radius 1 is 1.07 bits per heavy atom. The van der Waals surface area contributed by atoms with E-state index in [0.717, 1.165) is 35.5 Å². The van der Waals surface area contributed by atoms with Crippen LogP contribution >= 0.6 is 11.3 Å². The fourth-order valence-corrected chi connectivity index (χ4v) is 6.67. The number of carbonyl (C=O) groups is 1. The Morgan fingerprint density at radius 2 is 1.82 bits per heavy atom. The van der Waals surface area contributed by atoms with Crippen molar-refractivity contribution in [1.82, 2.24) is 14.9 Å². The number of nitrogens with one attached hydrogen (secondary N) is 1. The van der Waals surface area contributed by atoms with Gasteiger partial charge in [-0.05, 0) is 70.9 Å². The van der Waals surface area contributed by atoms with E-state index < -0.39 is 12.0 Å². The van der Waals surface area contributed by atoms with Crippen molar-refractivity contribution in [1.29, 1.82) is 0 Å². The first-order valence-corrected chi connectivity index (χ1v) is 14.9. The number of aliphatic hydroxyl groups is 1. The number of aromatic nitrogens is 2. The molecule has 1 amide bonds. The van der Waals surface area contributed by atoms with Crippen LogP contribution in [0.15, 0.2) is 70.8 Å². The summed E-state index contributed by atoms with van der Waals surface area (Å²) in [5.41, 5.74) is 4.70. The van der Waals surface area contributed by atoms with Gasteiger partial charge in [-0.15, -0.1) is 11.3 Å². The fourth-order valence-electron chi connectivity index (χ4n) is 5.68. The Morgan fingerprint density at radius 3 is 2.52 bits per heavy atom. The molecule has 1 fully saturated rings. The van der Waals surface area contributed by atoms with Crippen LogP contribution in [0.2, 0.25) is 0 Å². The number of aliphatic hydroxyl groups excluding tert-OH is 1. The van der Waals surface area contributed by atoms with E-state index in [-0.39, 0.29) is 22.9 Å². The van der Waals surface area contributed by atoms with Crippen LogP contribution in [-0.4, -0.2) is 32.4 Å². The maximum absolute atomic E-state index is 13.5. The number of nitrogens with zero attached hydrogens (tertiary/aromatic N) is 2. The zero-order valence-corrected chi connectivity index (χ0v) is 24.1. The standard InChI is InChI=1S/C33H35N3O3S/c1-32(2,3)24-11-5-9-22(19-24)21-8-4-10-23(18-21)28(37)30(39)36-16-6-12-26-25(20-36)29(38)35-31(34-26)33(14-15-33)27-13-7-17-40-27/h4-5,7-11,13,17-19,28,37H,6,12,14-16,20H2,1-3H3,(H,34,35,38)/t28-/m1/s1. The van der Waals surface area contributed by atoms with Gasteiger partial charge in [0.1, 0.15) is 5.82 Å². The highest BCUT2D eigenvalue weighted by atomic mass is 32.1. The van der Waals surface area contributed by atoms with E-state index in [9.17, 15) is 14.7 Å². The molecule has 0 radical (unpaired) electrons. The number of benzene rings is 2. The molecule has 0 saturated heterocycles. The van der Waals surface area contributed by atoms with E-state index in [1.165, 1.54) is 10.4 Å². The lowest BCUT2D eigenvalue weighted by atomic mass is 9.85. The van der Waals surface area contributed by atoms with Crippen LogP contribution < -0.4 is 5.56 Å². The van der Waals surface area contributed by atoms with Crippen molar-refractivity contribution < 1.29 is 9.90 Å². The molecule has 2 N–H and O–H groups in total. The molecule has 1 atom stereocenters. The van der Waals surface area contributed by atoms with Crippen molar-refractivity contribution in [3.8, 4) is 11.1 Å². The molecular weight excluding hydrogens is 518 g/mol. The molecule has 40 heavy (non-hydrogen) atoms. The Hall–Kier alpha value is -3.55. The molecule has 7 heteroatoms. The first-order valence-electron chi connectivity index (χ1n) is 14.0. The summed E-state index contributed by atoms with van der Waals surface area (Å²) >= 11 is 1.70. The maximum atomic E-state index is 13.5. The number of carbonyl (C=O) groups excluding carboxylic acids is 1. The average molecular weight is 554 g/mol. The quantitative estimate of drug-likeness (QED) is 0.323. The molecule has 206 valence electrons. The van der Waals surface area contributed by atoms with Crippen LogP contribution in [0.5, 0.6) is 0 Å². The van der Waals surface area contributed by atoms with E-state index in [1.807, 2.05) is 36.4 Å². The Kier molecular flexibility index (Phi) is 6.75. The molecule has 0 bridgehead atoms. The number of rotatable bonds is 5. The summed E-state index contributed by atoms with van der Waals surface area (Å²) in [4.78, 5) is 37.7. The predicted octanol–water partition coefficient (Wildman–Crippen LogP) is 5.88. The monoisotopic (exact) mass is 553 g/mol. The minimum Gasteiger partial charge on any atom is -0.378 e. The molecule has 6 nitrogen and oxygen atoms in total. The highest BCUT2D eigenvalue weighted by molar-refractivity contribution is 7.10. The molecular formula is C33H35N3O3S. The summed E-state index contributed by atoms with van der Waals surface area (Å²) in [6, 6.07) is 20.1. The third-order valence-corrected chi connectivity index (χ3v) is 9.37. The summed E-state index contributed by atoms with van der Waals surface area (Å²) < 4.78 is 0. The lowest BCUT2D eigenvalue weighted by Gasteiger charge is -2.24. The zero-order valence-electron chi connectivity index (χ0n) is 23.2. The summed E-state index contributed by atoms with van der Waals surface area (Å²) in [6.45, 7) is 7.15. The number of hydrogen-bond acceptors (Lipinski definition) is 5. The lowest BCUT2D eigenvalue weighted by molar-refractivity contribution is -0.141. The molecule has 6 rings (SSSR count). The fraction of sp³-hybridized carbons (Fsp3) is 0.364. The van der Waals surface area contributed by atoms with Gasteiger partial charge < -0.3 is 15.0 Å². The van der Waals surface area contributed by atoms with Gasteiger partial charge in [0, 0.05) is 11.4 Å². The van der Waals surface area contributed by atoms with E-state index >= 15 is 0 Å². The molecule has 2 aromatic carbocycles. The van der Waals surface area contributed by atoms with E-state index in [0.29, 0.717) is 30.5 Å². The van der Waals surface area contributed by atoms with Crippen molar-refractivity contribution in [2.75, 3.05) is 6.54 Å². The van der Waals surface area contributed by atoms with Gasteiger partial charge in [0.15, 0.2) is 6.10 Å². The second kappa shape index (κ2) is 10.1. The topological polar surface area (TPSA) is 86.3 Å². The summed E-state index contributed by atoms with van der Waals surface area (Å²) in [6.07, 6.45) is 1.96. The van der Waals surface area contributed by atoms with Crippen molar-refractivity contribution in [2.24, 2.45) is 0 Å². The first-order chi connectivity index (χ1) is 19.2. The molecule has 2 aromatic heterocycles. The summed E-state index contributed by atoms with van der Waals surface area (Å²) in [5, 5.41) is 13.2. The molecule has 1 aliphatic heterocycles. The van der Waals surface area contributed by atoms with Crippen LogP contribution in [0.4, 0.5) is 0 Å². The smallest absolute Gasteiger partial charge is 0.256 e. The van der Waals surface area contributed by atoms with E-state index in [4.69, 9.17) is 4.98 Å². The predicted molar refractivity (Wildman–Crippen MR) is 158 cm³/mol. The highest BCUT2D eigenvalue weighted by Crippen LogP contribution is 2.53. The van der Waals surface area contributed by atoms with Crippen LogP contribution in [0.25, 0.3) is 11.1 Å². The Labute approximate surface area is 238 Å². The average Bonchev–Trinajstić information content (AvgIpc) is 3.64. The largest absolute Gasteiger partial charge is 0.378 e. The van der Waals surface area contributed by atoms with E-state index in [2.05, 4.69) is 49.3 Å².